The van der Waals surface area contributed by atoms with Gasteiger partial charge in [0.05, 0.1) is 24.6 Å². The molecule has 1 aromatic rings. The van der Waals surface area contributed by atoms with Gasteiger partial charge in [0.2, 0.25) is 0 Å². The lowest BCUT2D eigenvalue weighted by molar-refractivity contribution is 0.123. The Bertz CT molecular complexity index is 413. The third kappa shape index (κ3) is 2.92. The van der Waals surface area contributed by atoms with Crippen LogP contribution >= 0.6 is 0 Å². The Hall–Kier alpha value is -1.75. The number of anilines is 2. The number of nitrogens with one attached hydrogen (secondary N) is 2. The van der Waals surface area contributed by atoms with Crippen molar-refractivity contribution >= 4 is 17.3 Å². The smallest absolute Gasteiger partial charge is 0.195 e. The molecule has 0 spiro atoms. The standard InChI is InChI=1S/C13H20N4O/c1-14-13(15-2)16-11-5-3-4-6-12(11)17-7-9-18-10-8-17/h3-6H,7-10H2,1-2H3,(H2,14,15,16). The molecule has 0 radical (unpaired) electrons. The summed E-state index contributed by atoms with van der Waals surface area (Å²) >= 11 is 0. The van der Waals surface area contributed by atoms with E-state index in [1.54, 1.807) is 7.05 Å². The highest BCUT2D eigenvalue weighted by Crippen LogP contribution is 2.26. The lowest BCUT2D eigenvalue weighted by Crippen LogP contribution is -2.37. The molecule has 1 aliphatic rings. The second-order valence-electron chi connectivity index (χ2n) is 4.06. The lowest BCUT2D eigenvalue weighted by Gasteiger charge is -2.30. The highest BCUT2D eigenvalue weighted by Gasteiger charge is 2.14. The topological polar surface area (TPSA) is 48.9 Å². The van der Waals surface area contributed by atoms with Gasteiger partial charge in [-0.3, -0.25) is 4.99 Å². The number of para-hydroxylation sites is 2. The third-order valence-electron chi connectivity index (χ3n) is 2.97. The molecule has 0 atom stereocenters. The van der Waals surface area contributed by atoms with Gasteiger partial charge in [0.25, 0.3) is 0 Å². The SMILES string of the molecule is CN=C(NC)Nc1ccccc1N1CCOCC1. The van der Waals surface area contributed by atoms with Gasteiger partial charge in [-0.25, -0.2) is 0 Å². The molecule has 1 aliphatic heterocycles. The Kier molecular flexibility index (Phi) is 4.41. The van der Waals surface area contributed by atoms with Crippen molar-refractivity contribution in [3.8, 4) is 0 Å². The van der Waals surface area contributed by atoms with Gasteiger partial charge in [-0.15, -0.1) is 0 Å². The van der Waals surface area contributed by atoms with Gasteiger partial charge in [0.1, 0.15) is 0 Å². The second kappa shape index (κ2) is 6.26. The fourth-order valence-corrected chi connectivity index (χ4v) is 2.02. The van der Waals surface area contributed by atoms with E-state index in [1.807, 2.05) is 13.1 Å². The Morgan fingerprint density at radius 2 is 2.00 bits per heavy atom. The molecule has 0 amide bonds. The van der Waals surface area contributed by atoms with Gasteiger partial charge in [-0.1, -0.05) is 12.1 Å². The van der Waals surface area contributed by atoms with E-state index in [2.05, 4.69) is 38.7 Å². The number of morpholine rings is 1. The van der Waals surface area contributed by atoms with Crippen LogP contribution in [0.3, 0.4) is 0 Å². The van der Waals surface area contributed by atoms with Crippen LogP contribution in [0.4, 0.5) is 11.4 Å². The molecule has 2 N–H and O–H groups in total. The van der Waals surface area contributed by atoms with Gasteiger partial charge in [0.15, 0.2) is 5.96 Å². The van der Waals surface area contributed by atoms with E-state index in [0.29, 0.717) is 0 Å². The second-order valence-corrected chi connectivity index (χ2v) is 4.06. The molecule has 1 saturated heterocycles. The molecule has 5 nitrogen and oxygen atoms in total. The summed E-state index contributed by atoms with van der Waals surface area (Å²) < 4.78 is 5.39. The molecule has 0 aliphatic carbocycles. The molecule has 98 valence electrons. The molecular weight excluding hydrogens is 228 g/mol. The van der Waals surface area contributed by atoms with E-state index in [9.17, 15) is 0 Å². The van der Waals surface area contributed by atoms with Crippen molar-refractivity contribution in [2.24, 2.45) is 4.99 Å². The fourth-order valence-electron chi connectivity index (χ4n) is 2.02. The molecule has 18 heavy (non-hydrogen) atoms. The van der Waals surface area contributed by atoms with Crippen molar-refractivity contribution in [1.29, 1.82) is 0 Å². The number of aliphatic imine (C=N–C) groups is 1. The first kappa shape index (κ1) is 12.7. The molecule has 1 fully saturated rings. The van der Waals surface area contributed by atoms with Crippen LogP contribution in [-0.4, -0.2) is 46.4 Å². The van der Waals surface area contributed by atoms with Crippen LogP contribution in [-0.2, 0) is 4.74 Å². The number of ether oxygens (including phenoxy) is 1. The number of guanidine groups is 1. The number of benzene rings is 1. The average molecular weight is 248 g/mol. The fraction of sp³-hybridized carbons (Fsp3) is 0.462. The van der Waals surface area contributed by atoms with Crippen molar-refractivity contribution in [2.45, 2.75) is 0 Å². The van der Waals surface area contributed by atoms with Crippen molar-refractivity contribution in [2.75, 3.05) is 50.6 Å². The predicted octanol–water partition coefficient (Wildman–Crippen LogP) is 1.14. The highest BCUT2D eigenvalue weighted by atomic mass is 16.5. The summed E-state index contributed by atoms with van der Waals surface area (Å²) in [6.07, 6.45) is 0. The molecule has 1 aromatic carbocycles. The van der Waals surface area contributed by atoms with Crippen LogP contribution in [0.15, 0.2) is 29.3 Å². The van der Waals surface area contributed by atoms with Crippen LogP contribution in [0.1, 0.15) is 0 Å². The van der Waals surface area contributed by atoms with E-state index in [0.717, 1.165) is 38.0 Å². The van der Waals surface area contributed by atoms with Crippen LogP contribution in [0.5, 0.6) is 0 Å². The number of hydrogen-bond acceptors (Lipinski definition) is 3. The van der Waals surface area contributed by atoms with Gasteiger partial charge in [-0.05, 0) is 12.1 Å². The zero-order valence-electron chi connectivity index (χ0n) is 10.9. The van der Waals surface area contributed by atoms with E-state index < -0.39 is 0 Å². The first-order chi connectivity index (χ1) is 8.85. The Morgan fingerprint density at radius 1 is 1.28 bits per heavy atom. The molecule has 0 aromatic heterocycles. The van der Waals surface area contributed by atoms with Crippen LogP contribution in [0.2, 0.25) is 0 Å². The quantitative estimate of drug-likeness (QED) is 0.609. The maximum absolute atomic E-state index is 5.39. The molecule has 2 rings (SSSR count). The maximum atomic E-state index is 5.39. The van der Waals surface area contributed by atoms with Crippen molar-refractivity contribution < 1.29 is 4.74 Å². The number of nitrogens with zero attached hydrogens (tertiary/aromatic N) is 2. The highest BCUT2D eigenvalue weighted by molar-refractivity contribution is 5.96. The summed E-state index contributed by atoms with van der Waals surface area (Å²) in [6, 6.07) is 8.26. The van der Waals surface area contributed by atoms with Crippen LogP contribution in [0, 0.1) is 0 Å². The zero-order valence-corrected chi connectivity index (χ0v) is 10.9. The number of rotatable bonds is 2. The molecular formula is C13H20N4O. The monoisotopic (exact) mass is 248 g/mol. The number of hydrogen-bond donors (Lipinski definition) is 2. The van der Waals surface area contributed by atoms with Crippen molar-refractivity contribution in [3.63, 3.8) is 0 Å². The minimum Gasteiger partial charge on any atom is -0.378 e. The summed E-state index contributed by atoms with van der Waals surface area (Å²) in [6.45, 7) is 3.43. The van der Waals surface area contributed by atoms with Gasteiger partial charge in [-0.2, -0.15) is 0 Å². The Morgan fingerprint density at radius 3 is 2.67 bits per heavy atom. The van der Waals surface area contributed by atoms with E-state index >= 15 is 0 Å². The summed E-state index contributed by atoms with van der Waals surface area (Å²) in [5.74, 6) is 0.760. The van der Waals surface area contributed by atoms with Crippen molar-refractivity contribution in [3.05, 3.63) is 24.3 Å². The van der Waals surface area contributed by atoms with Gasteiger partial charge in [0, 0.05) is 27.2 Å². The Labute approximate surface area is 108 Å². The molecule has 1 heterocycles. The van der Waals surface area contributed by atoms with E-state index in [4.69, 9.17) is 4.74 Å². The molecule has 0 saturated carbocycles. The summed E-state index contributed by atoms with van der Waals surface area (Å²) in [5, 5.41) is 6.33. The van der Waals surface area contributed by atoms with Crippen LogP contribution < -0.4 is 15.5 Å². The molecule has 0 unspecified atom stereocenters. The zero-order chi connectivity index (χ0) is 12.8. The van der Waals surface area contributed by atoms with Gasteiger partial charge < -0.3 is 20.3 Å². The maximum Gasteiger partial charge on any atom is 0.195 e. The van der Waals surface area contributed by atoms with E-state index in [1.165, 1.54) is 5.69 Å². The van der Waals surface area contributed by atoms with E-state index in [-0.39, 0.29) is 0 Å². The Balaban J connectivity index is 2.19. The predicted molar refractivity (Wildman–Crippen MR) is 75.5 cm³/mol. The largest absolute Gasteiger partial charge is 0.378 e. The normalized spacial score (nSPS) is 16.6. The third-order valence-corrected chi connectivity index (χ3v) is 2.97. The summed E-state index contributed by atoms with van der Waals surface area (Å²) in [4.78, 5) is 6.47. The summed E-state index contributed by atoms with van der Waals surface area (Å²) in [5.41, 5.74) is 2.26. The average Bonchev–Trinajstić information content (AvgIpc) is 2.46. The van der Waals surface area contributed by atoms with Crippen LogP contribution in [0.25, 0.3) is 0 Å². The summed E-state index contributed by atoms with van der Waals surface area (Å²) in [7, 11) is 3.61. The minimum absolute atomic E-state index is 0.760. The molecule has 5 heteroatoms. The minimum atomic E-state index is 0.760. The van der Waals surface area contributed by atoms with Crippen molar-refractivity contribution in [1.82, 2.24) is 5.32 Å². The lowest BCUT2D eigenvalue weighted by atomic mass is 10.2. The molecule has 0 bridgehead atoms. The first-order valence-electron chi connectivity index (χ1n) is 6.18. The van der Waals surface area contributed by atoms with Gasteiger partial charge >= 0.3 is 0 Å². The first-order valence-corrected chi connectivity index (χ1v) is 6.18.